The first-order chi connectivity index (χ1) is 9.93. The van der Waals surface area contributed by atoms with Crippen molar-refractivity contribution in [3.05, 3.63) is 84.0 Å². The molecule has 0 nitrogen and oxygen atoms in total. The van der Waals surface area contributed by atoms with E-state index in [0.29, 0.717) is 11.8 Å². The fraction of sp³-hybridized carbons (Fsp3) is 0.100. The van der Waals surface area contributed by atoms with Crippen molar-refractivity contribution >= 4 is 21.5 Å². The first-order valence-corrected chi connectivity index (χ1v) is 7.23. The van der Waals surface area contributed by atoms with Gasteiger partial charge >= 0.3 is 0 Å². The summed E-state index contributed by atoms with van der Waals surface area (Å²) in [6.45, 7) is 0. The molecule has 0 heteroatoms. The van der Waals surface area contributed by atoms with Crippen LogP contribution in [-0.2, 0) is 0 Å². The van der Waals surface area contributed by atoms with Gasteiger partial charge in [-0.3, -0.25) is 0 Å². The van der Waals surface area contributed by atoms with Gasteiger partial charge in [0.1, 0.15) is 0 Å². The lowest BCUT2D eigenvalue weighted by molar-refractivity contribution is 0.734. The third-order valence-corrected chi connectivity index (χ3v) is 4.80. The number of allylic oxidation sites excluding steroid dienone is 4. The second kappa shape index (κ2) is 3.61. The lowest BCUT2D eigenvalue weighted by Gasteiger charge is -2.32. The van der Waals surface area contributed by atoms with Crippen LogP contribution in [0.3, 0.4) is 0 Å². The second-order valence-corrected chi connectivity index (χ2v) is 5.78. The van der Waals surface area contributed by atoms with Crippen LogP contribution in [0.25, 0.3) is 21.5 Å². The first-order valence-electron chi connectivity index (χ1n) is 7.23. The Bertz CT molecular complexity index is 835. The molecule has 0 aromatic heterocycles. The van der Waals surface area contributed by atoms with Crippen molar-refractivity contribution in [2.75, 3.05) is 0 Å². The predicted octanol–water partition coefficient (Wildman–Crippen LogP) is 5.30. The molecule has 2 aliphatic rings. The highest BCUT2D eigenvalue weighted by Gasteiger charge is 2.29. The van der Waals surface area contributed by atoms with Crippen LogP contribution >= 0.6 is 0 Å². The van der Waals surface area contributed by atoms with Gasteiger partial charge in [-0.2, -0.15) is 0 Å². The average Bonchev–Trinajstić information content (AvgIpc) is 2.53. The van der Waals surface area contributed by atoms with Crippen molar-refractivity contribution in [3.8, 4) is 0 Å². The first kappa shape index (κ1) is 10.4. The van der Waals surface area contributed by atoms with E-state index in [1.807, 2.05) is 0 Å². The SMILES string of the molecule is C1=CC2c3cccc4ccc5cccc(c5c34)C2C=C1. The lowest BCUT2D eigenvalue weighted by Crippen LogP contribution is -2.14. The molecule has 0 aliphatic heterocycles. The van der Waals surface area contributed by atoms with Gasteiger partial charge in [0.15, 0.2) is 0 Å². The summed E-state index contributed by atoms with van der Waals surface area (Å²) in [4.78, 5) is 0. The number of fused-ring (bicyclic) bond motifs is 3. The summed E-state index contributed by atoms with van der Waals surface area (Å²) >= 11 is 0. The van der Waals surface area contributed by atoms with Gasteiger partial charge in [0.05, 0.1) is 0 Å². The minimum Gasteiger partial charge on any atom is -0.0761 e. The molecular weight excluding hydrogens is 240 g/mol. The van der Waals surface area contributed by atoms with Gasteiger partial charge in [-0.1, -0.05) is 72.8 Å². The largest absolute Gasteiger partial charge is 0.0761 e. The maximum Gasteiger partial charge on any atom is 0.0131 e. The predicted molar refractivity (Wildman–Crippen MR) is 85.2 cm³/mol. The Kier molecular flexibility index (Phi) is 1.88. The summed E-state index contributed by atoms with van der Waals surface area (Å²) in [5, 5.41) is 5.65. The number of hydrogen-bond acceptors (Lipinski definition) is 0. The van der Waals surface area contributed by atoms with Crippen molar-refractivity contribution in [3.63, 3.8) is 0 Å². The molecule has 20 heavy (non-hydrogen) atoms. The molecule has 2 atom stereocenters. The van der Waals surface area contributed by atoms with Crippen LogP contribution in [-0.4, -0.2) is 0 Å². The Morgan fingerprint density at radius 2 is 1.05 bits per heavy atom. The van der Waals surface area contributed by atoms with Crippen LogP contribution in [0.1, 0.15) is 23.0 Å². The molecule has 0 spiro atoms. The summed E-state index contributed by atoms with van der Waals surface area (Å²) < 4.78 is 0. The van der Waals surface area contributed by atoms with E-state index in [0.717, 1.165) is 0 Å². The highest BCUT2D eigenvalue weighted by atomic mass is 14.3. The van der Waals surface area contributed by atoms with Gasteiger partial charge in [-0.25, -0.2) is 0 Å². The zero-order valence-corrected chi connectivity index (χ0v) is 11.1. The van der Waals surface area contributed by atoms with Crippen molar-refractivity contribution in [1.29, 1.82) is 0 Å². The van der Waals surface area contributed by atoms with Crippen LogP contribution in [0.15, 0.2) is 72.8 Å². The fourth-order valence-corrected chi connectivity index (χ4v) is 3.97. The molecule has 0 fully saturated rings. The van der Waals surface area contributed by atoms with Gasteiger partial charge in [0, 0.05) is 11.8 Å². The molecule has 2 unspecified atom stereocenters. The van der Waals surface area contributed by atoms with Gasteiger partial charge in [0.2, 0.25) is 0 Å². The van der Waals surface area contributed by atoms with E-state index in [4.69, 9.17) is 0 Å². The Morgan fingerprint density at radius 1 is 0.550 bits per heavy atom. The Labute approximate surface area is 118 Å². The van der Waals surface area contributed by atoms with Crippen molar-refractivity contribution in [2.24, 2.45) is 0 Å². The topological polar surface area (TPSA) is 0 Å². The zero-order chi connectivity index (χ0) is 13.1. The average molecular weight is 254 g/mol. The Morgan fingerprint density at radius 3 is 1.55 bits per heavy atom. The standard InChI is InChI=1S/C20H14/c1-2-8-16-15(7-1)17-9-3-5-13-11-12-14-6-4-10-18(16)20(14)19(13)17/h1-12,15-16H. The summed E-state index contributed by atoms with van der Waals surface area (Å²) in [6.07, 6.45) is 9.09. The van der Waals surface area contributed by atoms with E-state index < -0.39 is 0 Å². The summed E-state index contributed by atoms with van der Waals surface area (Å²) in [7, 11) is 0. The summed E-state index contributed by atoms with van der Waals surface area (Å²) in [5.74, 6) is 0.980. The molecule has 94 valence electrons. The summed E-state index contributed by atoms with van der Waals surface area (Å²) in [5.41, 5.74) is 2.97. The van der Waals surface area contributed by atoms with E-state index in [1.165, 1.54) is 32.7 Å². The van der Waals surface area contributed by atoms with Gasteiger partial charge in [0.25, 0.3) is 0 Å². The fourth-order valence-electron chi connectivity index (χ4n) is 3.97. The van der Waals surface area contributed by atoms with Crippen molar-refractivity contribution in [2.45, 2.75) is 11.8 Å². The molecule has 0 N–H and O–H groups in total. The molecule has 0 radical (unpaired) electrons. The van der Waals surface area contributed by atoms with E-state index in [2.05, 4.69) is 72.8 Å². The maximum absolute atomic E-state index is 2.36. The van der Waals surface area contributed by atoms with Gasteiger partial charge < -0.3 is 0 Å². The number of hydrogen-bond donors (Lipinski definition) is 0. The smallest absolute Gasteiger partial charge is 0.0131 e. The highest BCUT2D eigenvalue weighted by molar-refractivity contribution is 6.12. The normalized spacial score (nSPS) is 22.6. The minimum absolute atomic E-state index is 0.490. The zero-order valence-electron chi connectivity index (χ0n) is 11.1. The quantitative estimate of drug-likeness (QED) is 0.477. The van der Waals surface area contributed by atoms with Crippen LogP contribution in [0.2, 0.25) is 0 Å². The van der Waals surface area contributed by atoms with E-state index in [9.17, 15) is 0 Å². The summed E-state index contributed by atoms with van der Waals surface area (Å²) in [6, 6.07) is 18.0. The van der Waals surface area contributed by atoms with Gasteiger partial charge in [-0.05, 0) is 32.7 Å². The molecule has 5 rings (SSSR count). The van der Waals surface area contributed by atoms with Crippen molar-refractivity contribution in [1.82, 2.24) is 0 Å². The van der Waals surface area contributed by atoms with Gasteiger partial charge in [-0.15, -0.1) is 0 Å². The van der Waals surface area contributed by atoms with E-state index in [1.54, 1.807) is 0 Å². The Hall–Kier alpha value is -2.34. The number of rotatable bonds is 0. The van der Waals surface area contributed by atoms with E-state index >= 15 is 0 Å². The molecule has 3 aromatic carbocycles. The molecular formula is C20H14. The van der Waals surface area contributed by atoms with E-state index in [-0.39, 0.29) is 0 Å². The lowest BCUT2D eigenvalue weighted by atomic mass is 9.71. The second-order valence-electron chi connectivity index (χ2n) is 5.78. The highest BCUT2D eigenvalue weighted by Crippen LogP contribution is 2.49. The van der Waals surface area contributed by atoms with Crippen LogP contribution in [0.5, 0.6) is 0 Å². The molecule has 0 amide bonds. The molecule has 2 aliphatic carbocycles. The maximum atomic E-state index is 2.36. The monoisotopic (exact) mass is 254 g/mol. The number of benzene rings is 3. The molecule has 3 aromatic rings. The Balaban J connectivity index is 2.08. The molecule has 0 bridgehead atoms. The van der Waals surface area contributed by atoms with Crippen LogP contribution in [0.4, 0.5) is 0 Å². The van der Waals surface area contributed by atoms with Crippen LogP contribution < -0.4 is 0 Å². The van der Waals surface area contributed by atoms with Crippen LogP contribution in [0, 0.1) is 0 Å². The third-order valence-electron chi connectivity index (χ3n) is 4.80. The third kappa shape index (κ3) is 1.17. The molecule has 0 saturated carbocycles. The van der Waals surface area contributed by atoms with Crippen molar-refractivity contribution < 1.29 is 0 Å². The molecule has 0 saturated heterocycles. The minimum atomic E-state index is 0.490. The molecule has 0 heterocycles.